The lowest BCUT2D eigenvalue weighted by Crippen LogP contribution is -2.39. The molecule has 0 unspecified atom stereocenters. The fourth-order valence-corrected chi connectivity index (χ4v) is 2.67. The zero-order valence-corrected chi connectivity index (χ0v) is 11.8. The summed E-state index contributed by atoms with van der Waals surface area (Å²) in [4.78, 5) is 17.9. The van der Waals surface area contributed by atoms with Crippen molar-refractivity contribution in [3.05, 3.63) is 23.4 Å². The number of rotatable bonds is 4. The number of anilines is 1. The molecule has 0 aromatic carbocycles. The highest BCUT2D eigenvalue weighted by Crippen LogP contribution is 2.24. The summed E-state index contributed by atoms with van der Waals surface area (Å²) in [6.45, 7) is 3.68. The molecule has 0 saturated carbocycles. The maximum absolute atomic E-state index is 11.2. The van der Waals surface area contributed by atoms with Crippen LogP contribution in [0.4, 0.5) is 5.82 Å². The molecule has 1 aromatic rings. The summed E-state index contributed by atoms with van der Waals surface area (Å²) in [6.07, 6.45) is 4.71. The first-order valence-corrected chi connectivity index (χ1v) is 6.98. The third-order valence-electron chi connectivity index (χ3n) is 3.83. The summed E-state index contributed by atoms with van der Waals surface area (Å²) in [5.41, 5.74) is 7.57. The number of pyridine rings is 1. The quantitative estimate of drug-likeness (QED) is 0.901. The van der Waals surface area contributed by atoms with Gasteiger partial charge < -0.3 is 10.6 Å². The highest BCUT2D eigenvalue weighted by molar-refractivity contribution is 5.77. The van der Waals surface area contributed by atoms with Crippen molar-refractivity contribution in [2.45, 2.75) is 32.6 Å². The van der Waals surface area contributed by atoms with Gasteiger partial charge in [0.15, 0.2) is 0 Å². The minimum atomic E-state index is -0.193. The maximum atomic E-state index is 11.2. The maximum Gasteiger partial charge on any atom is 0.220 e. The van der Waals surface area contributed by atoms with E-state index in [1.807, 2.05) is 13.1 Å². The van der Waals surface area contributed by atoms with Crippen LogP contribution in [0.1, 0.15) is 30.4 Å². The first-order chi connectivity index (χ1) is 9.61. The van der Waals surface area contributed by atoms with Gasteiger partial charge in [-0.2, -0.15) is 5.26 Å². The molecule has 5 nitrogen and oxygen atoms in total. The number of hydrogen-bond acceptors (Lipinski definition) is 4. The number of primary amides is 1. The van der Waals surface area contributed by atoms with E-state index in [0.717, 1.165) is 49.3 Å². The molecule has 1 aromatic heterocycles. The molecule has 0 aliphatic carbocycles. The summed E-state index contributed by atoms with van der Waals surface area (Å²) in [6, 6.07) is 4.24. The number of nitriles is 1. The van der Waals surface area contributed by atoms with Gasteiger partial charge in [0.25, 0.3) is 0 Å². The van der Waals surface area contributed by atoms with Crippen LogP contribution in [0.3, 0.4) is 0 Å². The van der Waals surface area contributed by atoms with E-state index in [0.29, 0.717) is 6.42 Å². The van der Waals surface area contributed by atoms with Crippen molar-refractivity contribution >= 4 is 11.7 Å². The molecule has 0 radical (unpaired) electrons. The Hall–Kier alpha value is -2.09. The Morgan fingerprint density at radius 2 is 2.25 bits per heavy atom. The monoisotopic (exact) mass is 272 g/mol. The first kappa shape index (κ1) is 14.3. The van der Waals surface area contributed by atoms with Crippen LogP contribution in [-0.2, 0) is 11.2 Å². The van der Waals surface area contributed by atoms with Gasteiger partial charge >= 0.3 is 0 Å². The Morgan fingerprint density at radius 1 is 1.55 bits per heavy atom. The summed E-state index contributed by atoms with van der Waals surface area (Å²) < 4.78 is 0. The smallest absolute Gasteiger partial charge is 0.220 e. The molecule has 5 heteroatoms. The van der Waals surface area contributed by atoms with Crippen LogP contribution in [0.15, 0.2) is 12.3 Å². The summed E-state index contributed by atoms with van der Waals surface area (Å²) in [7, 11) is 0. The van der Waals surface area contributed by atoms with Crippen LogP contribution in [0, 0.1) is 24.2 Å². The lowest BCUT2D eigenvalue weighted by atomic mass is 9.96. The number of carbonyl (C=O) groups excluding carboxylic acids is 1. The molecule has 1 aliphatic heterocycles. The van der Waals surface area contributed by atoms with Gasteiger partial charge in [-0.15, -0.1) is 0 Å². The summed E-state index contributed by atoms with van der Waals surface area (Å²) >= 11 is 0. The Morgan fingerprint density at radius 3 is 2.80 bits per heavy atom. The molecule has 2 N–H and O–H groups in total. The van der Waals surface area contributed by atoms with Gasteiger partial charge in [0.1, 0.15) is 5.82 Å². The second-order valence-electron chi connectivity index (χ2n) is 5.31. The van der Waals surface area contributed by atoms with E-state index in [9.17, 15) is 4.79 Å². The largest absolute Gasteiger partial charge is 0.369 e. The molecular weight excluding hydrogens is 252 g/mol. The molecule has 1 fully saturated rings. The molecule has 106 valence electrons. The van der Waals surface area contributed by atoms with E-state index in [2.05, 4.69) is 22.0 Å². The highest BCUT2D eigenvalue weighted by atomic mass is 16.1. The molecule has 0 atom stereocenters. The first-order valence-electron chi connectivity index (χ1n) is 6.98. The second kappa shape index (κ2) is 6.38. The third-order valence-corrected chi connectivity index (χ3v) is 3.83. The van der Waals surface area contributed by atoms with Gasteiger partial charge in [0.05, 0.1) is 6.07 Å². The lowest BCUT2D eigenvalue weighted by molar-refractivity contribution is -0.122. The molecule has 2 heterocycles. The second-order valence-corrected chi connectivity index (χ2v) is 5.31. The van der Waals surface area contributed by atoms with E-state index < -0.39 is 0 Å². The topological polar surface area (TPSA) is 83.0 Å². The number of hydrogen-bond donors (Lipinski definition) is 1. The molecule has 1 saturated heterocycles. The molecular formula is C15H20N4O. The molecule has 2 rings (SSSR count). The van der Waals surface area contributed by atoms with Crippen LogP contribution >= 0.6 is 0 Å². The average molecular weight is 272 g/mol. The summed E-state index contributed by atoms with van der Waals surface area (Å²) in [5.74, 6) is 0.788. The fourth-order valence-electron chi connectivity index (χ4n) is 2.67. The normalized spacial score (nSPS) is 15.9. The van der Waals surface area contributed by atoms with Crippen molar-refractivity contribution in [2.75, 3.05) is 18.0 Å². The van der Waals surface area contributed by atoms with E-state index >= 15 is 0 Å². The molecule has 20 heavy (non-hydrogen) atoms. The number of aromatic nitrogens is 1. The van der Waals surface area contributed by atoms with E-state index in [-0.39, 0.29) is 11.8 Å². The molecule has 1 amide bonds. The molecule has 0 spiro atoms. The van der Waals surface area contributed by atoms with Crippen LogP contribution in [0.2, 0.25) is 0 Å². The van der Waals surface area contributed by atoms with Crippen LogP contribution < -0.4 is 10.6 Å². The van der Waals surface area contributed by atoms with Gasteiger partial charge in [-0.25, -0.2) is 4.98 Å². The number of amides is 1. The Balaban J connectivity index is 2.03. The van der Waals surface area contributed by atoms with Gasteiger partial charge in [-0.1, -0.05) is 6.07 Å². The van der Waals surface area contributed by atoms with Crippen LogP contribution in [0.5, 0.6) is 0 Å². The molecule has 1 aliphatic rings. The van der Waals surface area contributed by atoms with Crippen molar-refractivity contribution < 1.29 is 4.79 Å². The molecule has 0 bridgehead atoms. The zero-order valence-electron chi connectivity index (χ0n) is 11.8. The van der Waals surface area contributed by atoms with Crippen LogP contribution in [0.25, 0.3) is 0 Å². The number of piperidine rings is 1. The lowest BCUT2D eigenvalue weighted by Gasteiger charge is -2.32. The minimum absolute atomic E-state index is 0.00135. The zero-order chi connectivity index (χ0) is 14.5. The predicted molar refractivity (Wildman–Crippen MR) is 77.0 cm³/mol. The number of carbonyl (C=O) groups is 1. The standard InChI is InChI=1S/C15H20N4O/c1-11-9-12(3-2-6-16)10-18-15(11)19-7-4-13(5-8-19)14(17)20/h9-10,13H,2-5,7-8H2,1H3,(H2,17,20). The SMILES string of the molecule is Cc1cc(CCC#N)cnc1N1CCC(C(N)=O)CC1. The van der Waals surface area contributed by atoms with E-state index in [4.69, 9.17) is 11.0 Å². The van der Waals surface area contributed by atoms with E-state index in [1.165, 1.54) is 0 Å². The van der Waals surface area contributed by atoms with Crippen molar-refractivity contribution in [2.24, 2.45) is 11.7 Å². The van der Waals surface area contributed by atoms with Crippen molar-refractivity contribution in [1.29, 1.82) is 5.26 Å². The van der Waals surface area contributed by atoms with Gasteiger partial charge in [-0.3, -0.25) is 4.79 Å². The van der Waals surface area contributed by atoms with Gasteiger partial charge in [0.2, 0.25) is 5.91 Å². The number of nitrogens with zero attached hydrogens (tertiary/aromatic N) is 3. The van der Waals surface area contributed by atoms with Gasteiger partial charge in [0, 0.05) is 31.6 Å². The van der Waals surface area contributed by atoms with Crippen molar-refractivity contribution in [3.8, 4) is 6.07 Å². The van der Waals surface area contributed by atoms with Crippen LogP contribution in [-0.4, -0.2) is 24.0 Å². The van der Waals surface area contributed by atoms with Crippen molar-refractivity contribution in [3.63, 3.8) is 0 Å². The highest BCUT2D eigenvalue weighted by Gasteiger charge is 2.24. The van der Waals surface area contributed by atoms with Crippen molar-refractivity contribution in [1.82, 2.24) is 4.98 Å². The Labute approximate surface area is 119 Å². The average Bonchev–Trinajstić information content (AvgIpc) is 2.45. The summed E-state index contributed by atoms with van der Waals surface area (Å²) in [5, 5.41) is 8.61. The Kier molecular flexibility index (Phi) is 4.57. The minimum Gasteiger partial charge on any atom is -0.369 e. The Bertz CT molecular complexity index is 527. The van der Waals surface area contributed by atoms with Gasteiger partial charge in [-0.05, 0) is 37.3 Å². The fraction of sp³-hybridized carbons (Fsp3) is 0.533. The predicted octanol–water partition coefficient (Wildman–Crippen LogP) is 1.55. The number of aryl methyl sites for hydroxylation is 2. The van der Waals surface area contributed by atoms with E-state index in [1.54, 1.807) is 0 Å². The third kappa shape index (κ3) is 3.27. The number of nitrogens with two attached hydrogens (primary N) is 1.